The Bertz CT molecular complexity index is 594. The molecule has 1 saturated heterocycles. The van der Waals surface area contributed by atoms with Gasteiger partial charge in [-0.3, -0.25) is 4.79 Å². The molecule has 1 aromatic rings. The van der Waals surface area contributed by atoms with Gasteiger partial charge in [0.15, 0.2) is 23.9 Å². The molecule has 1 heterocycles. The van der Waals surface area contributed by atoms with Crippen LogP contribution < -0.4 is 9.47 Å². The van der Waals surface area contributed by atoms with E-state index in [4.69, 9.17) is 18.9 Å². The summed E-state index contributed by atoms with van der Waals surface area (Å²) in [6.45, 7) is 1.31. The molecule has 0 amide bonds. The monoisotopic (exact) mass is 308 g/mol. The predicted molar refractivity (Wildman–Crippen MR) is 73.9 cm³/mol. The Kier molecular flexibility index (Phi) is 4.98. The van der Waals surface area contributed by atoms with Gasteiger partial charge >= 0.3 is 11.9 Å². The Hall–Kier alpha value is -2.57. The lowest BCUT2D eigenvalue weighted by atomic mass is 10.1. The number of ether oxygens (including phenoxy) is 4. The summed E-state index contributed by atoms with van der Waals surface area (Å²) in [4.78, 5) is 34.1. The van der Waals surface area contributed by atoms with Crippen LogP contribution in [-0.4, -0.2) is 44.1 Å². The number of Topliss-reactive ketones (excluding diaryl/α,β-unsaturated/α-hetero) is 1. The molecule has 118 valence electrons. The fourth-order valence-electron chi connectivity index (χ4n) is 1.92. The van der Waals surface area contributed by atoms with Crippen molar-refractivity contribution in [3.8, 4) is 11.5 Å². The van der Waals surface area contributed by atoms with Crippen LogP contribution in [0.3, 0.4) is 0 Å². The summed E-state index contributed by atoms with van der Waals surface area (Å²) in [7, 11) is 1.43. The van der Waals surface area contributed by atoms with E-state index in [1.807, 2.05) is 0 Å². The summed E-state index contributed by atoms with van der Waals surface area (Å²) in [6, 6.07) is 4.63. The van der Waals surface area contributed by atoms with Gasteiger partial charge in [0.05, 0.1) is 13.7 Å². The van der Waals surface area contributed by atoms with Gasteiger partial charge in [-0.1, -0.05) is 0 Å². The third-order valence-corrected chi connectivity index (χ3v) is 3.08. The Morgan fingerprint density at radius 3 is 2.68 bits per heavy atom. The van der Waals surface area contributed by atoms with Crippen molar-refractivity contribution in [2.24, 2.45) is 0 Å². The molecular formula is C15H16O7. The first-order chi connectivity index (χ1) is 10.5. The number of hydrogen-bond donors (Lipinski definition) is 0. The Morgan fingerprint density at radius 2 is 2.09 bits per heavy atom. The van der Waals surface area contributed by atoms with Crippen LogP contribution in [0.1, 0.15) is 23.7 Å². The van der Waals surface area contributed by atoms with Crippen LogP contribution in [0.5, 0.6) is 11.5 Å². The van der Waals surface area contributed by atoms with Gasteiger partial charge in [-0.15, -0.1) is 0 Å². The molecule has 0 aromatic heterocycles. The van der Waals surface area contributed by atoms with Gasteiger partial charge in [-0.2, -0.15) is 0 Å². The quantitative estimate of drug-likeness (QED) is 0.575. The smallest absolute Gasteiger partial charge is 0.347 e. The fraction of sp³-hybridized carbons (Fsp3) is 0.400. The van der Waals surface area contributed by atoms with E-state index in [0.29, 0.717) is 23.5 Å². The Morgan fingerprint density at radius 1 is 1.32 bits per heavy atom. The average molecular weight is 308 g/mol. The molecule has 1 fully saturated rings. The van der Waals surface area contributed by atoms with Crippen LogP contribution >= 0.6 is 0 Å². The van der Waals surface area contributed by atoms with Crippen LogP contribution in [0, 0.1) is 0 Å². The Balaban J connectivity index is 1.94. The number of cyclic esters (lactones) is 1. The molecule has 1 atom stereocenters. The van der Waals surface area contributed by atoms with Crippen molar-refractivity contribution >= 4 is 17.7 Å². The number of carbonyl (C=O) groups is 3. The molecule has 2 rings (SSSR count). The predicted octanol–water partition coefficient (Wildman–Crippen LogP) is 1.14. The van der Waals surface area contributed by atoms with Crippen LogP contribution in [0.15, 0.2) is 18.2 Å². The number of carbonyl (C=O) groups excluding carboxylic acids is 3. The second-order valence-corrected chi connectivity index (χ2v) is 4.65. The van der Waals surface area contributed by atoms with Gasteiger partial charge in [0.1, 0.15) is 0 Å². The largest absolute Gasteiger partial charge is 0.493 e. The maximum Gasteiger partial charge on any atom is 0.347 e. The highest BCUT2D eigenvalue weighted by Gasteiger charge is 2.30. The zero-order valence-corrected chi connectivity index (χ0v) is 12.3. The maximum absolute atomic E-state index is 11.6. The Labute approximate surface area is 127 Å². The summed E-state index contributed by atoms with van der Waals surface area (Å²) in [6.07, 6.45) is -0.514. The minimum Gasteiger partial charge on any atom is -0.493 e. The van der Waals surface area contributed by atoms with Crippen molar-refractivity contribution in [2.45, 2.75) is 19.4 Å². The molecule has 0 aliphatic carbocycles. The van der Waals surface area contributed by atoms with Crippen molar-refractivity contribution in [1.29, 1.82) is 0 Å². The third kappa shape index (κ3) is 3.75. The van der Waals surface area contributed by atoms with E-state index >= 15 is 0 Å². The number of benzene rings is 1. The van der Waals surface area contributed by atoms with Crippen molar-refractivity contribution in [3.63, 3.8) is 0 Å². The summed E-state index contributed by atoms with van der Waals surface area (Å²) < 4.78 is 20.1. The highest BCUT2D eigenvalue weighted by Crippen LogP contribution is 2.28. The molecule has 0 radical (unpaired) electrons. The fourth-order valence-corrected chi connectivity index (χ4v) is 1.92. The van der Waals surface area contributed by atoms with Crippen molar-refractivity contribution in [3.05, 3.63) is 23.8 Å². The number of ketones is 1. The lowest BCUT2D eigenvalue weighted by Crippen LogP contribution is -2.26. The van der Waals surface area contributed by atoms with Crippen LogP contribution in [0.25, 0.3) is 0 Å². The van der Waals surface area contributed by atoms with E-state index in [2.05, 4.69) is 0 Å². The first kappa shape index (κ1) is 15.8. The molecule has 7 heteroatoms. The second kappa shape index (κ2) is 6.93. The number of rotatable bonds is 6. The number of methoxy groups -OCH3 is 1. The summed E-state index contributed by atoms with van der Waals surface area (Å²) in [5.74, 6) is -0.693. The summed E-state index contributed by atoms with van der Waals surface area (Å²) >= 11 is 0. The van der Waals surface area contributed by atoms with Crippen LogP contribution in [0.2, 0.25) is 0 Å². The van der Waals surface area contributed by atoms with E-state index in [1.54, 1.807) is 6.07 Å². The minimum atomic E-state index is -0.863. The molecule has 1 aromatic carbocycles. The highest BCUT2D eigenvalue weighted by molar-refractivity contribution is 5.94. The second-order valence-electron chi connectivity index (χ2n) is 4.65. The lowest BCUT2D eigenvalue weighted by molar-refractivity contribution is -0.161. The first-order valence-corrected chi connectivity index (χ1v) is 6.69. The molecule has 0 spiro atoms. The lowest BCUT2D eigenvalue weighted by Gasteiger charge is -2.12. The molecule has 0 N–H and O–H groups in total. The standard InChI is InChI=1S/C15H16O7/c1-9(16)10-3-4-11(13(7-10)19-2)21-8-14(17)22-12-5-6-20-15(12)18/h3-4,7,12H,5-6,8H2,1-2H3/t12-/m1/s1. The third-order valence-electron chi connectivity index (χ3n) is 3.08. The van der Waals surface area contributed by atoms with E-state index in [9.17, 15) is 14.4 Å². The molecule has 1 aliphatic rings. The van der Waals surface area contributed by atoms with Gasteiger partial charge in [-0.05, 0) is 25.1 Å². The summed E-state index contributed by atoms with van der Waals surface area (Å²) in [5, 5.41) is 0. The molecule has 0 saturated carbocycles. The molecule has 1 aliphatic heterocycles. The SMILES string of the molecule is COc1cc(C(C)=O)ccc1OCC(=O)O[C@@H]1CCOC1=O. The van der Waals surface area contributed by atoms with Gasteiger partial charge in [0, 0.05) is 12.0 Å². The van der Waals surface area contributed by atoms with Crippen molar-refractivity contribution in [2.75, 3.05) is 20.3 Å². The summed E-state index contributed by atoms with van der Waals surface area (Å²) in [5.41, 5.74) is 0.473. The maximum atomic E-state index is 11.6. The average Bonchev–Trinajstić information content (AvgIpc) is 2.90. The molecule has 7 nitrogen and oxygen atoms in total. The zero-order valence-electron chi connectivity index (χ0n) is 12.3. The van der Waals surface area contributed by atoms with Crippen molar-refractivity contribution < 1.29 is 33.3 Å². The first-order valence-electron chi connectivity index (χ1n) is 6.69. The molecule has 0 unspecified atom stereocenters. The normalized spacial score (nSPS) is 16.8. The van der Waals surface area contributed by atoms with E-state index in [0.717, 1.165) is 0 Å². The van der Waals surface area contributed by atoms with Gasteiger partial charge in [0.25, 0.3) is 0 Å². The zero-order chi connectivity index (χ0) is 16.1. The molecule has 0 bridgehead atoms. The minimum absolute atomic E-state index is 0.107. The van der Waals surface area contributed by atoms with E-state index in [1.165, 1.54) is 26.2 Å². The van der Waals surface area contributed by atoms with E-state index in [-0.39, 0.29) is 19.0 Å². The highest BCUT2D eigenvalue weighted by atomic mass is 16.6. The topological polar surface area (TPSA) is 88.1 Å². The molecule has 22 heavy (non-hydrogen) atoms. The van der Waals surface area contributed by atoms with Gasteiger partial charge < -0.3 is 18.9 Å². The number of hydrogen-bond acceptors (Lipinski definition) is 7. The van der Waals surface area contributed by atoms with Gasteiger partial charge in [0.2, 0.25) is 6.10 Å². The van der Waals surface area contributed by atoms with E-state index < -0.39 is 18.0 Å². The van der Waals surface area contributed by atoms with Crippen molar-refractivity contribution in [1.82, 2.24) is 0 Å². The molecular weight excluding hydrogens is 292 g/mol. The van der Waals surface area contributed by atoms with Crippen LogP contribution in [0.4, 0.5) is 0 Å². The van der Waals surface area contributed by atoms with Crippen LogP contribution in [-0.2, 0) is 19.1 Å². The van der Waals surface area contributed by atoms with Gasteiger partial charge in [-0.25, -0.2) is 9.59 Å². The number of esters is 2.